The molecule has 0 aliphatic heterocycles. The van der Waals surface area contributed by atoms with Crippen LogP contribution in [0.25, 0.3) is 5.95 Å². The molecule has 0 spiro atoms. The van der Waals surface area contributed by atoms with Crippen LogP contribution in [-0.2, 0) is 6.54 Å². The van der Waals surface area contributed by atoms with Gasteiger partial charge < -0.3 is 10.6 Å². The third-order valence-corrected chi connectivity index (χ3v) is 2.53. The summed E-state index contributed by atoms with van der Waals surface area (Å²) < 4.78 is 1.45. The highest BCUT2D eigenvalue weighted by molar-refractivity contribution is 5.37. The van der Waals surface area contributed by atoms with Crippen LogP contribution in [0, 0.1) is 0 Å². The summed E-state index contributed by atoms with van der Waals surface area (Å²) in [4.78, 5) is 16.6. The van der Waals surface area contributed by atoms with Crippen molar-refractivity contribution in [2.45, 2.75) is 6.54 Å². The van der Waals surface area contributed by atoms with Crippen LogP contribution < -0.4 is 10.6 Å². The van der Waals surface area contributed by atoms with E-state index in [4.69, 9.17) is 0 Å². The molecule has 0 bridgehead atoms. The Balaban J connectivity index is 1.83. The number of aromatic nitrogens is 8. The molecule has 3 heterocycles. The van der Waals surface area contributed by atoms with E-state index < -0.39 is 0 Å². The van der Waals surface area contributed by atoms with E-state index in [-0.39, 0.29) is 0 Å². The van der Waals surface area contributed by atoms with Crippen LogP contribution in [0.2, 0.25) is 0 Å². The zero-order chi connectivity index (χ0) is 14.5. The first-order valence-electron chi connectivity index (χ1n) is 6.14. The summed E-state index contributed by atoms with van der Waals surface area (Å²) in [6.07, 6.45) is 4.55. The first kappa shape index (κ1) is 12.8. The molecule has 2 N–H and O–H groups in total. The summed E-state index contributed by atoms with van der Waals surface area (Å²) in [5.41, 5.74) is 0.784. The van der Waals surface area contributed by atoms with E-state index in [2.05, 4.69) is 45.9 Å². The van der Waals surface area contributed by atoms with Gasteiger partial charge in [0.1, 0.15) is 12.7 Å². The quantitative estimate of drug-likeness (QED) is 0.661. The Hall–Kier alpha value is -3.17. The second-order valence-corrected chi connectivity index (χ2v) is 3.94. The maximum absolute atomic E-state index is 4.28. The van der Waals surface area contributed by atoms with Crippen LogP contribution in [0.4, 0.5) is 11.9 Å². The fraction of sp³-hybridized carbons (Fsp3) is 0.182. The molecule has 3 rings (SSSR count). The maximum atomic E-state index is 4.28. The fourth-order valence-electron chi connectivity index (χ4n) is 1.57. The number of anilines is 2. The highest BCUT2D eigenvalue weighted by Gasteiger charge is 2.08. The standard InChI is InChI=1S/C11H12N10/c1-12-9-17-10(14-5-8-3-2-4-15-20-8)19-11(18-9)21-7-13-6-16-21/h2-4,6-7H,5H2,1H3,(H2,12,14,17,18,19). The van der Waals surface area contributed by atoms with Gasteiger partial charge in [0.25, 0.3) is 5.95 Å². The molecule has 21 heavy (non-hydrogen) atoms. The molecule has 0 saturated heterocycles. The molecule has 0 fully saturated rings. The lowest BCUT2D eigenvalue weighted by Crippen LogP contribution is -2.12. The maximum Gasteiger partial charge on any atom is 0.258 e. The zero-order valence-electron chi connectivity index (χ0n) is 11.2. The van der Waals surface area contributed by atoms with E-state index in [0.29, 0.717) is 24.4 Å². The number of hydrogen-bond donors (Lipinski definition) is 2. The lowest BCUT2D eigenvalue weighted by Gasteiger charge is -2.07. The van der Waals surface area contributed by atoms with Crippen molar-refractivity contribution in [2.75, 3.05) is 17.7 Å². The van der Waals surface area contributed by atoms with E-state index in [1.54, 1.807) is 13.2 Å². The molecule has 106 valence electrons. The Morgan fingerprint density at radius 2 is 2.10 bits per heavy atom. The van der Waals surface area contributed by atoms with Crippen molar-refractivity contribution in [1.82, 2.24) is 39.9 Å². The van der Waals surface area contributed by atoms with Crippen molar-refractivity contribution < 1.29 is 0 Å². The summed E-state index contributed by atoms with van der Waals surface area (Å²) in [7, 11) is 1.73. The molecule has 0 unspecified atom stereocenters. The second-order valence-electron chi connectivity index (χ2n) is 3.94. The third-order valence-electron chi connectivity index (χ3n) is 2.53. The molecule has 0 atom stereocenters. The predicted octanol–water partition coefficient (Wildman–Crippen LogP) is -0.104. The average Bonchev–Trinajstić information content (AvgIpc) is 3.08. The third kappa shape index (κ3) is 3.05. The summed E-state index contributed by atoms with van der Waals surface area (Å²) >= 11 is 0. The van der Waals surface area contributed by atoms with Crippen LogP contribution >= 0.6 is 0 Å². The predicted molar refractivity (Wildman–Crippen MR) is 73.6 cm³/mol. The smallest absolute Gasteiger partial charge is 0.258 e. The van der Waals surface area contributed by atoms with Gasteiger partial charge in [0.15, 0.2) is 0 Å². The van der Waals surface area contributed by atoms with Gasteiger partial charge in [-0.05, 0) is 12.1 Å². The van der Waals surface area contributed by atoms with Crippen LogP contribution in [0.5, 0.6) is 0 Å². The Bertz CT molecular complexity index is 696. The topological polar surface area (TPSA) is 119 Å². The SMILES string of the molecule is CNc1nc(NCc2cccnn2)nc(-n2cncn2)n1. The van der Waals surface area contributed by atoms with Gasteiger partial charge in [-0.3, -0.25) is 0 Å². The Morgan fingerprint density at radius 3 is 2.81 bits per heavy atom. The first-order valence-corrected chi connectivity index (χ1v) is 6.14. The van der Waals surface area contributed by atoms with Gasteiger partial charge in [0.05, 0.1) is 12.2 Å². The molecule has 0 radical (unpaired) electrons. The molecule has 0 amide bonds. The van der Waals surface area contributed by atoms with Gasteiger partial charge in [-0.1, -0.05) is 0 Å². The molecule has 0 saturated carbocycles. The van der Waals surface area contributed by atoms with Crippen LogP contribution in [0.15, 0.2) is 31.0 Å². The lowest BCUT2D eigenvalue weighted by atomic mass is 10.4. The molecular formula is C11H12N10. The Kier molecular flexibility index (Phi) is 3.58. The average molecular weight is 284 g/mol. The molecule has 3 aromatic rings. The van der Waals surface area contributed by atoms with Crippen LogP contribution in [-0.4, -0.2) is 47.0 Å². The molecule has 3 aromatic heterocycles. The zero-order valence-corrected chi connectivity index (χ0v) is 11.2. The van der Waals surface area contributed by atoms with Gasteiger partial charge in [-0.25, -0.2) is 4.98 Å². The number of hydrogen-bond acceptors (Lipinski definition) is 9. The molecular weight excluding hydrogens is 272 g/mol. The molecule has 0 aliphatic rings. The van der Waals surface area contributed by atoms with E-state index in [0.717, 1.165) is 5.69 Å². The molecule has 10 nitrogen and oxygen atoms in total. The summed E-state index contributed by atoms with van der Waals surface area (Å²) in [6, 6.07) is 3.68. The van der Waals surface area contributed by atoms with Gasteiger partial charge in [0.2, 0.25) is 11.9 Å². The van der Waals surface area contributed by atoms with Gasteiger partial charge in [-0.2, -0.15) is 34.9 Å². The van der Waals surface area contributed by atoms with Gasteiger partial charge in [-0.15, -0.1) is 0 Å². The van der Waals surface area contributed by atoms with Gasteiger partial charge >= 0.3 is 0 Å². The lowest BCUT2D eigenvalue weighted by molar-refractivity contribution is 0.793. The number of nitrogens with one attached hydrogen (secondary N) is 2. The Morgan fingerprint density at radius 1 is 1.19 bits per heavy atom. The van der Waals surface area contributed by atoms with Crippen molar-refractivity contribution in [2.24, 2.45) is 0 Å². The summed E-state index contributed by atoms with van der Waals surface area (Å²) in [6.45, 7) is 0.456. The molecule has 10 heteroatoms. The minimum Gasteiger partial charge on any atom is -0.357 e. The number of nitrogens with zero attached hydrogens (tertiary/aromatic N) is 8. The minimum atomic E-state index is 0.369. The van der Waals surface area contributed by atoms with E-state index in [1.807, 2.05) is 12.1 Å². The van der Waals surface area contributed by atoms with Crippen molar-refractivity contribution in [3.05, 3.63) is 36.7 Å². The molecule has 0 aromatic carbocycles. The monoisotopic (exact) mass is 284 g/mol. The normalized spacial score (nSPS) is 10.3. The molecule has 0 aliphatic carbocycles. The largest absolute Gasteiger partial charge is 0.357 e. The van der Waals surface area contributed by atoms with E-state index in [1.165, 1.54) is 17.3 Å². The second kappa shape index (κ2) is 5.86. The van der Waals surface area contributed by atoms with Crippen molar-refractivity contribution in [3.63, 3.8) is 0 Å². The number of rotatable bonds is 5. The van der Waals surface area contributed by atoms with E-state index in [9.17, 15) is 0 Å². The van der Waals surface area contributed by atoms with Crippen molar-refractivity contribution >= 4 is 11.9 Å². The first-order chi connectivity index (χ1) is 10.3. The van der Waals surface area contributed by atoms with Crippen molar-refractivity contribution in [3.8, 4) is 5.95 Å². The van der Waals surface area contributed by atoms with E-state index >= 15 is 0 Å². The highest BCUT2D eigenvalue weighted by atomic mass is 15.4. The van der Waals surface area contributed by atoms with Crippen molar-refractivity contribution in [1.29, 1.82) is 0 Å². The summed E-state index contributed by atoms with van der Waals surface area (Å²) in [5, 5.41) is 17.7. The fourth-order valence-corrected chi connectivity index (χ4v) is 1.57. The van der Waals surface area contributed by atoms with Crippen LogP contribution in [0.3, 0.4) is 0 Å². The highest BCUT2D eigenvalue weighted by Crippen LogP contribution is 2.08. The van der Waals surface area contributed by atoms with Gasteiger partial charge in [0, 0.05) is 13.2 Å². The minimum absolute atomic E-state index is 0.369. The summed E-state index contributed by atoms with van der Waals surface area (Å²) in [5.74, 6) is 1.20. The Labute approximate surface area is 119 Å². The van der Waals surface area contributed by atoms with Crippen LogP contribution in [0.1, 0.15) is 5.69 Å².